The Morgan fingerprint density at radius 1 is 1.10 bits per heavy atom. The molecule has 0 atom stereocenters. The quantitative estimate of drug-likeness (QED) is 0.642. The summed E-state index contributed by atoms with van der Waals surface area (Å²) in [6.45, 7) is 6.19. The highest BCUT2D eigenvalue weighted by Gasteiger charge is 2.19. The van der Waals surface area contributed by atoms with E-state index >= 15 is 0 Å². The Hall–Kier alpha value is -0.0800. The fraction of sp³-hybridized carbons (Fsp3) is 1.00. The van der Waals surface area contributed by atoms with Gasteiger partial charge in [0.15, 0.2) is 0 Å². The summed E-state index contributed by atoms with van der Waals surface area (Å²) in [5.74, 6) is 0. The van der Waals surface area contributed by atoms with Crippen LogP contribution < -0.4 is 6.15 Å². The van der Waals surface area contributed by atoms with Crippen molar-refractivity contribution >= 4 is 0 Å². The zero-order chi connectivity index (χ0) is 7.33. The summed E-state index contributed by atoms with van der Waals surface area (Å²) in [6, 6.07) is 0. The van der Waals surface area contributed by atoms with E-state index in [0.717, 1.165) is 25.7 Å². The molecule has 0 unspecified atom stereocenters. The number of aliphatic hydroxyl groups is 1. The molecular weight excluding hydrogens is 126 g/mol. The lowest BCUT2D eigenvalue weighted by Gasteiger charge is -2.23. The molecule has 0 bridgehead atoms. The van der Waals surface area contributed by atoms with E-state index < -0.39 is 0 Å². The monoisotopic (exact) mass is 147 g/mol. The summed E-state index contributed by atoms with van der Waals surface area (Å²) in [5, 5.41) is 9.63. The van der Waals surface area contributed by atoms with E-state index in [2.05, 4.69) is 6.92 Å². The molecule has 0 saturated heterocycles. The predicted octanol–water partition coefficient (Wildman–Crippen LogP) is 2.50. The standard InChI is InChI=1S/C8H18O.H3N/c1-4-7-8(9,5-2)6-3;/h9H,4-7H2,1-3H3;1H3. The second-order valence-electron chi connectivity index (χ2n) is 2.68. The molecule has 0 rings (SSSR count). The van der Waals surface area contributed by atoms with Gasteiger partial charge in [0, 0.05) is 0 Å². The molecule has 0 aliphatic heterocycles. The second-order valence-corrected chi connectivity index (χ2v) is 2.68. The average molecular weight is 147 g/mol. The summed E-state index contributed by atoms with van der Waals surface area (Å²) in [5.41, 5.74) is -0.366. The lowest BCUT2D eigenvalue weighted by Crippen LogP contribution is -2.25. The van der Waals surface area contributed by atoms with Gasteiger partial charge in [-0.3, -0.25) is 0 Å². The Balaban J connectivity index is 0. The molecule has 2 nitrogen and oxygen atoms in total. The van der Waals surface area contributed by atoms with Crippen molar-refractivity contribution in [3.8, 4) is 0 Å². The number of hydrogen-bond donors (Lipinski definition) is 2. The van der Waals surface area contributed by atoms with E-state index in [-0.39, 0.29) is 11.8 Å². The van der Waals surface area contributed by atoms with Gasteiger partial charge < -0.3 is 11.3 Å². The molecule has 0 aromatic carbocycles. The minimum atomic E-state index is -0.366. The normalized spacial score (nSPS) is 10.8. The highest BCUT2D eigenvalue weighted by atomic mass is 16.3. The smallest absolute Gasteiger partial charge is 0.0642 e. The molecule has 0 aliphatic rings. The summed E-state index contributed by atoms with van der Waals surface area (Å²) < 4.78 is 0. The summed E-state index contributed by atoms with van der Waals surface area (Å²) in [7, 11) is 0. The van der Waals surface area contributed by atoms with Crippen LogP contribution in [0.25, 0.3) is 0 Å². The molecule has 0 amide bonds. The van der Waals surface area contributed by atoms with Crippen LogP contribution in [-0.2, 0) is 0 Å². The molecular formula is C8H21NO. The Labute approximate surface area is 64.2 Å². The first-order valence-electron chi connectivity index (χ1n) is 3.91. The molecule has 10 heavy (non-hydrogen) atoms. The SMILES string of the molecule is CCCC(O)(CC)CC.N. The van der Waals surface area contributed by atoms with Gasteiger partial charge in [0.2, 0.25) is 0 Å². The second kappa shape index (κ2) is 5.69. The van der Waals surface area contributed by atoms with Crippen molar-refractivity contribution in [3.05, 3.63) is 0 Å². The fourth-order valence-corrected chi connectivity index (χ4v) is 1.07. The molecule has 0 spiro atoms. The summed E-state index contributed by atoms with van der Waals surface area (Å²) >= 11 is 0. The van der Waals surface area contributed by atoms with Crippen molar-refractivity contribution in [2.75, 3.05) is 0 Å². The van der Waals surface area contributed by atoms with Gasteiger partial charge in [-0.05, 0) is 19.3 Å². The Kier molecular flexibility index (Phi) is 7.15. The first-order valence-corrected chi connectivity index (χ1v) is 3.91. The van der Waals surface area contributed by atoms with Crippen molar-refractivity contribution < 1.29 is 5.11 Å². The minimum Gasteiger partial charge on any atom is -0.390 e. The molecule has 0 heterocycles. The maximum atomic E-state index is 9.63. The molecule has 0 saturated carbocycles. The third-order valence-electron chi connectivity index (χ3n) is 2.03. The zero-order valence-corrected chi connectivity index (χ0v) is 7.48. The molecule has 0 aromatic rings. The molecule has 0 fully saturated rings. The molecule has 4 N–H and O–H groups in total. The fourth-order valence-electron chi connectivity index (χ4n) is 1.07. The van der Waals surface area contributed by atoms with Gasteiger partial charge in [0.1, 0.15) is 0 Å². The van der Waals surface area contributed by atoms with E-state index in [4.69, 9.17) is 0 Å². The van der Waals surface area contributed by atoms with E-state index in [1.807, 2.05) is 13.8 Å². The minimum absolute atomic E-state index is 0. The molecule has 64 valence electrons. The van der Waals surface area contributed by atoms with Crippen LogP contribution in [0.15, 0.2) is 0 Å². The maximum absolute atomic E-state index is 9.63. The lowest BCUT2D eigenvalue weighted by molar-refractivity contribution is 0.0230. The van der Waals surface area contributed by atoms with Gasteiger partial charge in [0.05, 0.1) is 5.60 Å². The van der Waals surface area contributed by atoms with Gasteiger partial charge >= 0.3 is 0 Å². The molecule has 0 radical (unpaired) electrons. The van der Waals surface area contributed by atoms with Crippen LogP contribution in [0.3, 0.4) is 0 Å². The number of rotatable bonds is 4. The number of hydrogen-bond acceptors (Lipinski definition) is 2. The third-order valence-corrected chi connectivity index (χ3v) is 2.03. The van der Waals surface area contributed by atoms with Crippen LogP contribution in [-0.4, -0.2) is 10.7 Å². The largest absolute Gasteiger partial charge is 0.390 e. The maximum Gasteiger partial charge on any atom is 0.0642 e. The van der Waals surface area contributed by atoms with Crippen LogP contribution in [0.5, 0.6) is 0 Å². The lowest BCUT2D eigenvalue weighted by atomic mass is 9.92. The van der Waals surface area contributed by atoms with Crippen LogP contribution in [0.2, 0.25) is 0 Å². The van der Waals surface area contributed by atoms with Crippen molar-refractivity contribution in [1.82, 2.24) is 6.15 Å². The highest BCUT2D eigenvalue weighted by Crippen LogP contribution is 2.20. The average Bonchev–Trinajstić information content (AvgIpc) is 1.89. The molecule has 0 aromatic heterocycles. The van der Waals surface area contributed by atoms with Gasteiger partial charge in [-0.15, -0.1) is 0 Å². The summed E-state index contributed by atoms with van der Waals surface area (Å²) in [6.07, 6.45) is 3.80. The van der Waals surface area contributed by atoms with Crippen molar-refractivity contribution in [1.29, 1.82) is 0 Å². The van der Waals surface area contributed by atoms with E-state index in [1.54, 1.807) is 0 Å². The van der Waals surface area contributed by atoms with Crippen LogP contribution in [0.1, 0.15) is 46.5 Å². The predicted molar refractivity (Wildman–Crippen MR) is 45.5 cm³/mol. The van der Waals surface area contributed by atoms with Crippen LogP contribution in [0, 0.1) is 0 Å². The van der Waals surface area contributed by atoms with Crippen molar-refractivity contribution in [2.45, 2.75) is 52.1 Å². The van der Waals surface area contributed by atoms with Gasteiger partial charge in [-0.1, -0.05) is 27.2 Å². The first kappa shape index (κ1) is 12.6. The van der Waals surface area contributed by atoms with Gasteiger partial charge in [-0.25, -0.2) is 0 Å². The Bertz CT molecular complexity index is 69.7. The van der Waals surface area contributed by atoms with E-state index in [0.29, 0.717) is 0 Å². The summed E-state index contributed by atoms with van der Waals surface area (Å²) in [4.78, 5) is 0. The molecule has 2 heteroatoms. The van der Waals surface area contributed by atoms with Crippen molar-refractivity contribution in [3.63, 3.8) is 0 Å². The highest BCUT2D eigenvalue weighted by molar-refractivity contribution is 4.73. The Morgan fingerprint density at radius 2 is 1.50 bits per heavy atom. The first-order chi connectivity index (χ1) is 4.18. The van der Waals surface area contributed by atoms with Crippen LogP contribution >= 0.6 is 0 Å². The van der Waals surface area contributed by atoms with E-state index in [9.17, 15) is 5.11 Å². The van der Waals surface area contributed by atoms with Gasteiger partial charge in [0.25, 0.3) is 0 Å². The topological polar surface area (TPSA) is 55.2 Å². The third kappa shape index (κ3) is 3.85. The Morgan fingerprint density at radius 3 is 1.60 bits per heavy atom. The van der Waals surface area contributed by atoms with Crippen LogP contribution in [0.4, 0.5) is 0 Å². The van der Waals surface area contributed by atoms with Crippen molar-refractivity contribution in [2.24, 2.45) is 0 Å². The van der Waals surface area contributed by atoms with Gasteiger partial charge in [-0.2, -0.15) is 0 Å². The zero-order valence-electron chi connectivity index (χ0n) is 7.48. The molecule has 0 aliphatic carbocycles. The van der Waals surface area contributed by atoms with E-state index in [1.165, 1.54) is 0 Å².